The van der Waals surface area contributed by atoms with Crippen molar-refractivity contribution in [3.05, 3.63) is 17.2 Å². The third kappa shape index (κ3) is 1.81. The number of hydrogen-bond acceptors (Lipinski definition) is 4. The van der Waals surface area contributed by atoms with Gasteiger partial charge in [-0.15, -0.1) is 0 Å². The number of nitrogen functional groups attached to an aromatic ring is 1. The molecule has 15 heavy (non-hydrogen) atoms. The first-order valence-corrected chi connectivity index (χ1v) is 4.27. The summed E-state index contributed by atoms with van der Waals surface area (Å²) in [4.78, 5) is 10.9. The van der Waals surface area contributed by atoms with Gasteiger partial charge >= 0.3 is 5.97 Å². The predicted molar refractivity (Wildman–Crippen MR) is 55.7 cm³/mol. The minimum absolute atomic E-state index is 0.00236. The minimum Gasteiger partial charge on any atom is -0.492 e. The summed E-state index contributed by atoms with van der Waals surface area (Å²) in [5.74, 6) is -0.552. The molecule has 0 radical (unpaired) electrons. The number of hydrogen-bond donors (Lipinski definition) is 2. The number of carboxylic acid groups (broad SMARTS) is 1. The largest absolute Gasteiger partial charge is 0.492 e. The molecule has 82 valence electrons. The highest BCUT2D eigenvalue weighted by Crippen LogP contribution is 2.37. The van der Waals surface area contributed by atoms with Gasteiger partial charge in [-0.05, 0) is 13.0 Å². The Morgan fingerprint density at radius 1 is 1.33 bits per heavy atom. The molecular weight excluding hydrogens is 198 g/mol. The maximum absolute atomic E-state index is 10.9. The van der Waals surface area contributed by atoms with Crippen LogP contribution in [0.15, 0.2) is 6.07 Å². The van der Waals surface area contributed by atoms with E-state index in [9.17, 15) is 4.79 Å². The summed E-state index contributed by atoms with van der Waals surface area (Å²) in [7, 11) is 2.83. The molecule has 0 spiro atoms. The summed E-state index contributed by atoms with van der Waals surface area (Å²) >= 11 is 0. The lowest BCUT2D eigenvalue weighted by Crippen LogP contribution is -2.06. The zero-order valence-corrected chi connectivity index (χ0v) is 8.83. The molecule has 0 aromatic heterocycles. The van der Waals surface area contributed by atoms with Crippen LogP contribution in [-0.2, 0) is 0 Å². The summed E-state index contributed by atoms with van der Waals surface area (Å²) in [5, 5.41) is 8.94. The Kier molecular flexibility index (Phi) is 3.04. The lowest BCUT2D eigenvalue weighted by Gasteiger charge is -2.14. The Morgan fingerprint density at radius 3 is 2.27 bits per heavy atom. The van der Waals surface area contributed by atoms with Crippen molar-refractivity contribution in [1.82, 2.24) is 0 Å². The Balaban J connectivity index is 3.54. The quantitative estimate of drug-likeness (QED) is 0.736. The van der Waals surface area contributed by atoms with Crippen molar-refractivity contribution in [2.45, 2.75) is 6.92 Å². The predicted octanol–water partition coefficient (Wildman–Crippen LogP) is 1.29. The van der Waals surface area contributed by atoms with Crippen LogP contribution in [0.3, 0.4) is 0 Å². The second-order valence-electron chi connectivity index (χ2n) is 3.01. The minimum atomic E-state index is -1.10. The molecule has 0 saturated carbocycles. The van der Waals surface area contributed by atoms with Gasteiger partial charge in [0.25, 0.3) is 0 Å². The molecule has 0 aliphatic heterocycles. The van der Waals surface area contributed by atoms with Gasteiger partial charge in [0.2, 0.25) is 0 Å². The standard InChI is InChI=1S/C10H13NO4/c1-5-7(11)4-6(10(12)13)9(15-3)8(5)14-2/h4H,11H2,1-3H3,(H,12,13). The maximum Gasteiger partial charge on any atom is 0.339 e. The molecule has 0 bridgehead atoms. The smallest absolute Gasteiger partial charge is 0.339 e. The molecule has 1 rings (SSSR count). The molecule has 0 aliphatic rings. The van der Waals surface area contributed by atoms with Crippen molar-refractivity contribution in [2.24, 2.45) is 0 Å². The number of aromatic carboxylic acids is 1. The summed E-state index contributed by atoms with van der Waals surface area (Å²) in [6.45, 7) is 1.74. The molecule has 0 aliphatic carbocycles. The first-order valence-electron chi connectivity index (χ1n) is 4.27. The van der Waals surface area contributed by atoms with E-state index in [1.54, 1.807) is 6.92 Å². The summed E-state index contributed by atoms with van der Waals surface area (Å²) in [6.07, 6.45) is 0. The maximum atomic E-state index is 10.9. The number of benzene rings is 1. The van der Waals surface area contributed by atoms with Crippen LogP contribution >= 0.6 is 0 Å². The highest BCUT2D eigenvalue weighted by atomic mass is 16.5. The van der Waals surface area contributed by atoms with Crippen LogP contribution in [-0.4, -0.2) is 25.3 Å². The van der Waals surface area contributed by atoms with E-state index in [4.69, 9.17) is 20.3 Å². The van der Waals surface area contributed by atoms with Gasteiger partial charge in [-0.2, -0.15) is 0 Å². The molecule has 0 heterocycles. The zero-order chi connectivity index (χ0) is 11.6. The molecular formula is C10H13NO4. The van der Waals surface area contributed by atoms with Crippen molar-refractivity contribution in [2.75, 3.05) is 20.0 Å². The topological polar surface area (TPSA) is 81.8 Å². The van der Waals surface area contributed by atoms with E-state index in [2.05, 4.69) is 0 Å². The van der Waals surface area contributed by atoms with Crippen LogP contribution in [0.4, 0.5) is 5.69 Å². The fourth-order valence-electron chi connectivity index (χ4n) is 1.36. The third-order valence-corrected chi connectivity index (χ3v) is 2.16. The van der Waals surface area contributed by atoms with Gasteiger partial charge < -0.3 is 20.3 Å². The van der Waals surface area contributed by atoms with Gasteiger partial charge in [0.1, 0.15) is 5.56 Å². The molecule has 0 fully saturated rings. The first-order chi connectivity index (χ1) is 7.02. The number of nitrogens with two attached hydrogens (primary N) is 1. The Hall–Kier alpha value is -1.91. The van der Waals surface area contributed by atoms with Gasteiger partial charge in [-0.25, -0.2) is 4.79 Å². The number of carboxylic acids is 1. The first kappa shape index (κ1) is 11.2. The molecule has 0 amide bonds. The van der Waals surface area contributed by atoms with Gasteiger partial charge in [0.05, 0.1) is 14.2 Å². The van der Waals surface area contributed by atoms with Crippen LogP contribution in [0.2, 0.25) is 0 Å². The number of carbonyl (C=O) groups is 1. The van der Waals surface area contributed by atoms with E-state index in [0.717, 1.165) is 0 Å². The van der Waals surface area contributed by atoms with Crippen LogP contribution < -0.4 is 15.2 Å². The molecule has 1 aromatic carbocycles. The van der Waals surface area contributed by atoms with Gasteiger partial charge in [0.15, 0.2) is 11.5 Å². The number of ether oxygens (including phenoxy) is 2. The van der Waals surface area contributed by atoms with E-state index in [1.165, 1.54) is 20.3 Å². The Labute approximate surface area is 87.4 Å². The van der Waals surface area contributed by atoms with Crippen molar-refractivity contribution >= 4 is 11.7 Å². The number of rotatable bonds is 3. The average molecular weight is 211 g/mol. The van der Waals surface area contributed by atoms with Crippen LogP contribution in [0.25, 0.3) is 0 Å². The van der Waals surface area contributed by atoms with Crippen LogP contribution in [0, 0.1) is 6.92 Å². The average Bonchev–Trinajstić information content (AvgIpc) is 2.20. The normalized spacial score (nSPS) is 9.80. The molecule has 0 unspecified atom stereocenters. The van der Waals surface area contributed by atoms with E-state index < -0.39 is 5.97 Å². The van der Waals surface area contributed by atoms with Crippen molar-refractivity contribution in [3.8, 4) is 11.5 Å². The van der Waals surface area contributed by atoms with Crippen LogP contribution in [0.1, 0.15) is 15.9 Å². The molecule has 3 N–H and O–H groups in total. The molecule has 0 atom stereocenters. The fourth-order valence-corrected chi connectivity index (χ4v) is 1.36. The van der Waals surface area contributed by atoms with E-state index in [1.807, 2.05) is 0 Å². The van der Waals surface area contributed by atoms with Crippen molar-refractivity contribution < 1.29 is 19.4 Å². The van der Waals surface area contributed by atoms with Gasteiger partial charge in [-0.1, -0.05) is 0 Å². The summed E-state index contributed by atoms with van der Waals surface area (Å²) in [6, 6.07) is 1.36. The van der Waals surface area contributed by atoms with E-state index >= 15 is 0 Å². The molecule has 0 saturated heterocycles. The van der Waals surface area contributed by atoms with Crippen LogP contribution in [0.5, 0.6) is 11.5 Å². The molecule has 5 heteroatoms. The SMILES string of the molecule is COc1c(C(=O)O)cc(N)c(C)c1OC. The van der Waals surface area contributed by atoms with Crippen molar-refractivity contribution in [1.29, 1.82) is 0 Å². The zero-order valence-electron chi connectivity index (χ0n) is 8.83. The number of methoxy groups -OCH3 is 2. The monoisotopic (exact) mass is 211 g/mol. The molecule has 5 nitrogen and oxygen atoms in total. The Morgan fingerprint density at radius 2 is 1.87 bits per heavy atom. The van der Waals surface area contributed by atoms with E-state index in [0.29, 0.717) is 17.0 Å². The highest BCUT2D eigenvalue weighted by molar-refractivity contribution is 5.94. The Bertz CT molecular complexity index is 401. The number of anilines is 1. The van der Waals surface area contributed by atoms with Crippen molar-refractivity contribution in [3.63, 3.8) is 0 Å². The second-order valence-corrected chi connectivity index (χ2v) is 3.01. The lowest BCUT2D eigenvalue weighted by atomic mass is 10.1. The van der Waals surface area contributed by atoms with Gasteiger partial charge in [0, 0.05) is 11.3 Å². The van der Waals surface area contributed by atoms with E-state index in [-0.39, 0.29) is 11.3 Å². The summed E-state index contributed by atoms with van der Waals surface area (Å²) in [5.41, 5.74) is 6.69. The van der Waals surface area contributed by atoms with Gasteiger partial charge in [-0.3, -0.25) is 0 Å². The third-order valence-electron chi connectivity index (χ3n) is 2.16. The summed E-state index contributed by atoms with van der Waals surface area (Å²) < 4.78 is 10.1. The second kappa shape index (κ2) is 4.08. The fraction of sp³-hybridized carbons (Fsp3) is 0.300. The molecule has 1 aromatic rings. The lowest BCUT2D eigenvalue weighted by molar-refractivity contribution is 0.0692. The highest BCUT2D eigenvalue weighted by Gasteiger charge is 2.19.